The molecule has 1 aliphatic rings. The van der Waals surface area contributed by atoms with Crippen LogP contribution in [-0.4, -0.2) is 44.2 Å². The molecule has 0 radical (unpaired) electrons. The van der Waals surface area contributed by atoms with E-state index in [4.69, 9.17) is 13.9 Å². The molecule has 0 spiro atoms. The molecule has 0 saturated carbocycles. The van der Waals surface area contributed by atoms with Crippen molar-refractivity contribution in [1.29, 1.82) is 0 Å². The van der Waals surface area contributed by atoms with E-state index in [1.54, 1.807) is 20.5 Å². The highest BCUT2D eigenvalue weighted by Gasteiger charge is 2.27. The summed E-state index contributed by atoms with van der Waals surface area (Å²) in [7, 11) is 3.26. The largest absolute Gasteiger partial charge is 0.497 e. The number of methoxy groups -OCH3 is 2. The third kappa shape index (κ3) is 3.90. The average molecular weight is 344 g/mol. The van der Waals surface area contributed by atoms with Gasteiger partial charge in [0.2, 0.25) is 0 Å². The molecule has 1 aromatic heterocycles. The van der Waals surface area contributed by atoms with Gasteiger partial charge < -0.3 is 24.1 Å². The van der Waals surface area contributed by atoms with Crippen molar-refractivity contribution in [2.45, 2.75) is 25.8 Å². The van der Waals surface area contributed by atoms with Gasteiger partial charge in [-0.2, -0.15) is 0 Å². The normalized spacial score (nSPS) is 17.2. The van der Waals surface area contributed by atoms with Crippen LogP contribution in [0, 0.1) is 6.92 Å². The predicted octanol–water partition coefficient (Wildman–Crippen LogP) is 3.32. The minimum absolute atomic E-state index is 0.0442. The van der Waals surface area contributed by atoms with Crippen molar-refractivity contribution in [1.82, 2.24) is 4.90 Å². The molecule has 0 bridgehead atoms. The molecular formula is C19H24N2O4. The number of hydrogen-bond acceptors (Lipinski definition) is 5. The average Bonchev–Trinajstić information content (AvgIpc) is 3.06. The van der Waals surface area contributed by atoms with Crippen LogP contribution in [0.5, 0.6) is 11.5 Å². The number of aryl methyl sites for hydroxylation is 1. The van der Waals surface area contributed by atoms with Gasteiger partial charge in [-0.1, -0.05) is 0 Å². The number of furan rings is 1. The third-order valence-corrected chi connectivity index (χ3v) is 4.49. The van der Waals surface area contributed by atoms with Crippen LogP contribution in [0.15, 0.2) is 34.9 Å². The molecule has 1 aromatic carbocycles. The molecule has 2 heterocycles. The van der Waals surface area contributed by atoms with Gasteiger partial charge in [0, 0.05) is 48.6 Å². The van der Waals surface area contributed by atoms with Crippen LogP contribution in [0.1, 0.15) is 29.0 Å². The molecule has 0 aliphatic carbocycles. The zero-order valence-electron chi connectivity index (χ0n) is 14.9. The van der Waals surface area contributed by atoms with Crippen molar-refractivity contribution in [3.05, 3.63) is 41.9 Å². The van der Waals surface area contributed by atoms with Crippen LogP contribution in [0.4, 0.5) is 5.69 Å². The lowest BCUT2D eigenvalue weighted by Gasteiger charge is -2.33. The molecule has 2 aromatic rings. The molecule has 1 N–H and O–H groups in total. The Kier molecular flexibility index (Phi) is 5.16. The summed E-state index contributed by atoms with van der Waals surface area (Å²) in [5.41, 5.74) is 1.79. The zero-order chi connectivity index (χ0) is 17.8. The van der Waals surface area contributed by atoms with E-state index in [2.05, 4.69) is 5.32 Å². The second-order valence-corrected chi connectivity index (χ2v) is 6.27. The van der Waals surface area contributed by atoms with Crippen molar-refractivity contribution >= 4 is 11.6 Å². The molecule has 1 amide bonds. The van der Waals surface area contributed by atoms with Crippen LogP contribution in [-0.2, 0) is 0 Å². The number of nitrogens with zero attached hydrogens (tertiary/aromatic N) is 1. The number of benzene rings is 1. The number of rotatable bonds is 5. The zero-order valence-corrected chi connectivity index (χ0v) is 14.9. The molecule has 6 nitrogen and oxygen atoms in total. The smallest absolute Gasteiger partial charge is 0.289 e. The minimum Gasteiger partial charge on any atom is -0.497 e. The summed E-state index contributed by atoms with van der Waals surface area (Å²) in [6.45, 7) is 3.27. The van der Waals surface area contributed by atoms with E-state index >= 15 is 0 Å². The molecule has 1 saturated heterocycles. The van der Waals surface area contributed by atoms with Gasteiger partial charge in [0.05, 0.1) is 20.5 Å². The van der Waals surface area contributed by atoms with Crippen molar-refractivity contribution in [3.8, 4) is 11.5 Å². The second kappa shape index (κ2) is 7.51. The van der Waals surface area contributed by atoms with Gasteiger partial charge >= 0.3 is 0 Å². The number of hydrogen-bond donors (Lipinski definition) is 1. The highest BCUT2D eigenvalue weighted by molar-refractivity contribution is 5.93. The third-order valence-electron chi connectivity index (χ3n) is 4.49. The Balaban J connectivity index is 1.70. The van der Waals surface area contributed by atoms with E-state index in [1.807, 2.05) is 36.1 Å². The van der Waals surface area contributed by atoms with Crippen molar-refractivity contribution in [3.63, 3.8) is 0 Å². The first-order valence-corrected chi connectivity index (χ1v) is 8.43. The molecule has 1 atom stereocenters. The number of anilines is 1. The summed E-state index contributed by atoms with van der Waals surface area (Å²) >= 11 is 0. The van der Waals surface area contributed by atoms with Gasteiger partial charge in [-0.25, -0.2) is 0 Å². The van der Waals surface area contributed by atoms with Crippen molar-refractivity contribution < 1.29 is 18.7 Å². The summed E-state index contributed by atoms with van der Waals surface area (Å²) in [6, 6.07) is 7.68. The van der Waals surface area contributed by atoms with E-state index in [-0.39, 0.29) is 11.9 Å². The first-order chi connectivity index (χ1) is 12.1. The fourth-order valence-electron chi connectivity index (χ4n) is 3.14. The predicted molar refractivity (Wildman–Crippen MR) is 95.5 cm³/mol. The van der Waals surface area contributed by atoms with Gasteiger partial charge in [-0.05, 0) is 25.8 Å². The Bertz CT molecular complexity index is 719. The molecule has 6 heteroatoms. The maximum Gasteiger partial charge on any atom is 0.289 e. The number of carbonyl (C=O) groups excluding carboxylic acids is 1. The number of likely N-dealkylation sites (tertiary alicyclic amines) is 1. The van der Waals surface area contributed by atoms with Gasteiger partial charge in [0.1, 0.15) is 11.5 Å². The van der Waals surface area contributed by atoms with E-state index in [9.17, 15) is 4.79 Å². The molecule has 1 fully saturated rings. The molecule has 25 heavy (non-hydrogen) atoms. The highest BCUT2D eigenvalue weighted by atomic mass is 16.5. The Morgan fingerprint density at radius 1 is 1.24 bits per heavy atom. The van der Waals surface area contributed by atoms with E-state index in [0.29, 0.717) is 12.3 Å². The van der Waals surface area contributed by atoms with E-state index in [0.717, 1.165) is 42.1 Å². The molecule has 1 aliphatic heterocycles. The van der Waals surface area contributed by atoms with Crippen LogP contribution in [0.3, 0.4) is 0 Å². The van der Waals surface area contributed by atoms with Crippen LogP contribution < -0.4 is 14.8 Å². The highest BCUT2D eigenvalue weighted by Crippen LogP contribution is 2.27. The van der Waals surface area contributed by atoms with Crippen LogP contribution >= 0.6 is 0 Å². The van der Waals surface area contributed by atoms with Gasteiger partial charge in [-0.15, -0.1) is 0 Å². The summed E-state index contributed by atoms with van der Waals surface area (Å²) in [6.07, 6.45) is 3.51. The number of amides is 1. The lowest BCUT2D eigenvalue weighted by Crippen LogP contribution is -2.45. The van der Waals surface area contributed by atoms with E-state index in [1.165, 1.54) is 0 Å². The first-order valence-electron chi connectivity index (χ1n) is 8.43. The lowest BCUT2D eigenvalue weighted by atomic mass is 10.0. The standard InChI is InChI=1S/C19H24N2O4/c1-13-6-8-25-18(13)19(22)21-7-4-5-14(12-21)20-15-9-16(23-2)11-17(10-15)24-3/h6,8-11,14,20H,4-5,7,12H2,1-3H3/t14-/m1/s1. The summed E-state index contributed by atoms with van der Waals surface area (Å²) in [5.74, 6) is 1.86. The topological polar surface area (TPSA) is 63.9 Å². The monoisotopic (exact) mass is 344 g/mol. The fraction of sp³-hybridized carbons (Fsp3) is 0.421. The van der Waals surface area contributed by atoms with Gasteiger partial charge in [0.15, 0.2) is 5.76 Å². The lowest BCUT2D eigenvalue weighted by molar-refractivity contribution is 0.0681. The van der Waals surface area contributed by atoms with Crippen molar-refractivity contribution in [2.24, 2.45) is 0 Å². The Labute approximate surface area is 147 Å². The number of nitrogens with one attached hydrogen (secondary N) is 1. The molecule has 134 valence electrons. The minimum atomic E-state index is -0.0442. The number of carbonyl (C=O) groups is 1. The number of piperidine rings is 1. The molecule has 0 unspecified atom stereocenters. The summed E-state index contributed by atoms with van der Waals surface area (Å²) in [5, 5.41) is 3.49. The summed E-state index contributed by atoms with van der Waals surface area (Å²) in [4.78, 5) is 14.5. The quantitative estimate of drug-likeness (QED) is 0.901. The molecular weight excluding hydrogens is 320 g/mol. The SMILES string of the molecule is COc1cc(N[C@@H]2CCCN(C(=O)c3occc3C)C2)cc(OC)c1. The fourth-order valence-corrected chi connectivity index (χ4v) is 3.14. The maximum atomic E-state index is 12.6. The van der Waals surface area contributed by atoms with Gasteiger partial charge in [-0.3, -0.25) is 4.79 Å². The summed E-state index contributed by atoms with van der Waals surface area (Å²) < 4.78 is 16.0. The second-order valence-electron chi connectivity index (χ2n) is 6.27. The molecule has 3 rings (SSSR count). The Morgan fingerprint density at radius 2 is 1.96 bits per heavy atom. The Morgan fingerprint density at radius 3 is 2.56 bits per heavy atom. The number of ether oxygens (including phenoxy) is 2. The van der Waals surface area contributed by atoms with Crippen LogP contribution in [0.2, 0.25) is 0 Å². The Hall–Kier alpha value is -2.63. The van der Waals surface area contributed by atoms with E-state index < -0.39 is 0 Å². The maximum absolute atomic E-state index is 12.6. The van der Waals surface area contributed by atoms with Crippen LogP contribution in [0.25, 0.3) is 0 Å². The first kappa shape index (κ1) is 17.2. The van der Waals surface area contributed by atoms with Crippen molar-refractivity contribution in [2.75, 3.05) is 32.6 Å². The van der Waals surface area contributed by atoms with Gasteiger partial charge in [0.25, 0.3) is 5.91 Å².